The minimum atomic E-state index is 0.896. The Morgan fingerprint density at radius 2 is 1.10 bits per heavy atom. The molecule has 1 aliphatic rings. The van der Waals surface area contributed by atoms with E-state index in [9.17, 15) is 0 Å². The molecular formula is C46H27NO2. The second-order valence-electron chi connectivity index (χ2n) is 12.9. The third-order valence-electron chi connectivity index (χ3n) is 10.2. The molecule has 0 aliphatic carbocycles. The van der Waals surface area contributed by atoms with Gasteiger partial charge in [-0.2, -0.15) is 0 Å². The number of nitrogens with zero attached hydrogens (tertiary/aromatic N) is 1. The number of furan rings is 1. The van der Waals surface area contributed by atoms with Gasteiger partial charge in [0.25, 0.3) is 0 Å². The number of aromatic nitrogens is 1. The summed E-state index contributed by atoms with van der Waals surface area (Å²) in [4.78, 5) is 0. The summed E-state index contributed by atoms with van der Waals surface area (Å²) in [5.74, 6) is 1.81. The Bertz CT molecular complexity index is 2960. The lowest BCUT2D eigenvalue weighted by Crippen LogP contribution is -1.97. The van der Waals surface area contributed by atoms with Crippen LogP contribution < -0.4 is 4.74 Å². The van der Waals surface area contributed by atoms with Crippen molar-refractivity contribution in [1.82, 2.24) is 4.57 Å². The van der Waals surface area contributed by atoms with E-state index in [1.54, 1.807) is 0 Å². The molecule has 0 radical (unpaired) electrons. The van der Waals surface area contributed by atoms with Crippen molar-refractivity contribution >= 4 is 54.5 Å². The summed E-state index contributed by atoms with van der Waals surface area (Å²) in [5.41, 5.74) is 12.2. The Morgan fingerprint density at radius 1 is 0.408 bits per heavy atom. The van der Waals surface area contributed by atoms with Crippen molar-refractivity contribution in [1.29, 1.82) is 0 Å². The number of benzene rings is 8. The average molecular weight is 626 g/mol. The molecule has 0 atom stereocenters. The average Bonchev–Trinajstić information content (AvgIpc) is 3.71. The maximum absolute atomic E-state index is 6.38. The van der Waals surface area contributed by atoms with Crippen LogP contribution in [0, 0.1) is 0 Å². The van der Waals surface area contributed by atoms with Gasteiger partial charge in [-0.1, -0.05) is 109 Å². The highest BCUT2D eigenvalue weighted by Crippen LogP contribution is 2.48. The van der Waals surface area contributed by atoms with Crippen LogP contribution in [0.2, 0.25) is 0 Å². The predicted octanol–water partition coefficient (Wildman–Crippen LogP) is 12.9. The molecule has 0 unspecified atom stereocenters. The fourth-order valence-corrected chi connectivity index (χ4v) is 7.94. The number of para-hydroxylation sites is 3. The number of fused-ring (bicyclic) bond motifs is 8. The van der Waals surface area contributed by atoms with Gasteiger partial charge < -0.3 is 13.7 Å². The maximum atomic E-state index is 6.38. The highest BCUT2D eigenvalue weighted by atomic mass is 16.5. The van der Waals surface area contributed by atoms with Gasteiger partial charge in [-0.3, -0.25) is 0 Å². The van der Waals surface area contributed by atoms with Crippen LogP contribution in [0.15, 0.2) is 168 Å². The summed E-state index contributed by atoms with van der Waals surface area (Å²) in [5, 5.41) is 7.12. The van der Waals surface area contributed by atoms with Gasteiger partial charge in [0.1, 0.15) is 22.7 Å². The Labute approximate surface area is 281 Å². The minimum Gasteiger partial charge on any atom is -0.456 e. The van der Waals surface area contributed by atoms with Gasteiger partial charge in [0.15, 0.2) is 0 Å². The second kappa shape index (κ2) is 9.96. The molecule has 10 aromatic rings. The Balaban J connectivity index is 1.03. The predicted molar refractivity (Wildman–Crippen MR) is 202 cm³/mol. The first-order valence-corrected chi connectivity index (χ1v) is 16.7. The van der Waals surface area contributed by atoms with Crippen LogP contribution in [0.4, 0.5) is 0 Å². The SMILES string of the molecule is c1cc2c3c(cccc3c1)-c1cc(-c3ccc4c(c3)c3ccccc3n4-c3ccc(-c4cccc5c4oc4ccccc45)cc3)ccc1O2. The molecule has 8 aromatic carbocycles. The van der Waals surface area contributed by atoms with Crippen molar-refractivity contribution in [2.45, 2.75) is 0 Å². The van der Waals surface area contributed by atoms with Crippen LogP contribution in [0.25, 0.3) is 93.6 Å². The van der Waals surface area contributed by atoms with Gasteiger partial charge in [0.2, 0.25) is 0 Å². The molecule has 228 valence electrons. The van der Waals surface area contributed by atoms with Gasteiger partial charge in [-0.15, -0.1) is 0 Å². The second-order valence-corrected chi connectivity index (χ2v) is 12.9. The third-order valence-corrected chi connectivity index (χ3v) is 10.2. The van der Waals surface area contributed by atoms with E-state index in [0.717, 1.165) is 55.8 Å². The number of hydrogen-bond acceptors (Lipinski definition) is 2. The van der Waals surface area contributed by atoms with E-state index in [-0.39, 0.29) is 0 Å². The van der Waals surface area contributed by atoms with Crippen LogP contribution in [-0.4, -0.2) is 4.57 Å². The summed E-state index contributed by atoms with van der Waals surface area (Å²) in [6.07, 6.45) is 0. The van der Waals surface area contributed by atoms with Crippen LogP contribution in [0.5, 0.6) is 11.5 Å². The molecule has 0 saturated heterocycles. The normalized spacial score (nSPS) is 12.2. The van der Waals surface area contributed by atoms with Crippen LogP contribution in [0.3, 0.4) is 0 Å². The lowest BCUT2D eigenvalue weighted by atomic mass is 9.92. The first-order valence-electron chi connectivity index (χ1n) is 16.7. The van der Waals surface area contributed by atoms with Crippen LogP contribution in [-0.2, 0) is 0 Å². The van der Waals surface area contributed by atoms with E-state index in [4.69, 9.17) is 9.15 Å². The Hall–Kier alpha value is -6.58. The topological polar surface area (TPSA) is 27.3 Å². The molecule has 0 amide bonds. The van der Waals surface area contributed by atoms with Crippen LogP contribution in [0.1, 0.15) is 0 Å². The largest absolute Gasteiger partial charge is 0.456 e. The Kier molecular flexibility index (Phi) is 5.38. The first-order chi connectivity index (χ1) is 24.3. The van der Waals surface area contributed by atoms with Gasteiger partial charge >= 0.3 is 0 Å². The zero-order valence-electron chi connectivity index (χ0n) is 26.4. The molecule has 0 N–H and O–H groups in total. The molecule has 0 bridgehead atoms. The van der Waals surface area contributed by atoms with E-state index < -0.39 is 0 Å². The fraction of sp³-hybridized carbons (Fsp3) is 0. The number of ether oxygens (including phenoxy) is 1. The quantitative estimate of drug-likeness (QED) is 0.195. The van der Waals surface area contributed by atoms with Crippen molar-refractivity contribution in [3.63, 3.8) is 0 Å². The van der Waals surface area contributed by atoms with Gasteiger partial charge in [-0.25, -0.2) is 0 Å². The van der Waals surface area contributed by atoms with Crippen molar-refractivity contribution < 1.29 is 9.15 Å². The molecule has 1 aliphatic heterocycles. The summed E-state index contributed by atoms with van der Waals surface area (Å²) < 4.78 is 15.1. The van der Waals surface area contributed by atoms with Gasteiger partial charge in [-0.05, 0) is 82.2 Å². The van der Waals surface area contributed by atoms with Gasteiger partial charge in [0.05, 0.1) is 11.0 Å². The maximum Gasteiger partial charge on any atom is 0.143 e. The van der Waals surface area contributed by atoms with E-state index in [2.05, 4.69) is 156 Å². The highest BCUT2D eigenvalue weighted by molar-refractivity contribution is 6.12. The highest BCUT2D eigenvalue weighted by Gasteiger charge is 2.21. The molecule has 3 heterocycles. The first kappa shape index (κ1) is 26.5. The minimum absolute atomic E-state index is 0.896. The Morgan fingerprint density at radius 3 is 2.02 bits per heavy atom. The molecule has 0 spiro atoms. The number of rotatable bonds is 3. The van der Waals surface area contributed by atoms with Crippen molar-refractivity contribution in [2.24, 2.45) is 0 Å². The van der Waals surface area contributed by atoms with Crippen molar-refractivity contribution in [3.8, 4) is 50.6 Å². The summed E-state index contributed by atoms with van der Waals surface area (Å²) in [6.45, 7) is 0. The fourth-order valence-electron chi connectivity index (χ4n) is 7.94. The molecule has 3 heteroatoms. The van der Waals surface area contributed by atoms with E-state index in [1.807, 2.05) is 12.1 Å². The van der Waals surface area contributed by atoms with E-state index in [1.165, 1.54) is 49.3 Å². The third kappa shape index (κ3) is 3.84. The molecular weight excluding hydrogens is 599 g/mol. The summed E-state index contributed by atoms with van der Waals surface area (Å²) in [7, 11) is 0. The lowest BCUT2D eigenvalue weighted by Gasteiger charge is -2.22. The van der Waals surface area contributed by atoms with E-state index >= 15 is 0 Å². The number of hydrogen-bond donors (Lipinski definition) is 0. The molecule has 0 saturated carbocycles. The summed E-state index contributed by atoms with van der Waals surface area (Å²) in [6, 6.07) is 58.4. The lowest BCUT2D eigenvalue weighted by molar-refractivity contribution is 0.487. The molecule has 0 fully saturated rings. The molecule has 2 aromatic heterocycles. The molecule has 49 heavy (non-hydrogen) atoms. The standard InChI is InChI=1S/C46H27NO2/c1-3-15-40-34(10-1)38-26-30(31-21-25-43-39(27-31)36-13-5-8-29-9-6-17-44(48-43)45(29)36)20-24-41(38)47(40)32-22-18-28(19-23-32)33-12-7-14-37-35-11-2-4-16-42(35)49-46(33)37/h1-27H. The van der Waals surface area contributed by atoms with E-state index in [0.29, 0.717) is 0 Å². The monoisotopic (exact) mass is 625 g/mol. The molecule has 3 nitrogen and oxygen atoms in total. The van der Waals surface area contributed by atoms with Crippen molar-refractivity contribution in [2.75, 3.05) is 0 Å². The smallest absolute Gasteiger partial charge is 0.143 e. The van der Waals surface area contributed by atoms with Gasteiger partial charge in [0, 0.05) is 43.7 Å². The van der Waals surface area contributed by atoms with Crippen molar-refractivity contribution in [3.05, 3.63) is 164 Å². The van der Waals surface area contributed by atoms with Crippen LogP contribution >= 0.6 is 0 Å². The zero-order valence-corrected chi connectivity index (χ0v) is 26.4. The zero-order chi connectivity index (χ0) is 32.1. The summed E-state index contributed by atoms with van der Waals surface area (Å²) >= 11 is 0. The molecule has 11 rings (SSSR count).